The van der Waals surface area contributed by atoms with Gasteiger partial charge in [0, 0.05) is 16.0 Å². The summed E-state index contributed by atoms with van der Waals surface area (Å²) in [7, 11) is 3.18. The normalized spacial score (nSPS) is 10.9. The maximum absolute atomic E-state index is 13.0. The first-order valence-corrected chi connectivity index (χ1v) is 8.88. The Labute approximate surface area is 161 Å². The zero-order valence-corrected chi connectivity index (χ0v) is 15.7. The van der Waals surface area contributed by atoms with E-state index in [-0.39, 0.29) is 5.43 Å². The van der Waals surface area contributed by atoms with Gasteiger partial charge in [-0.2, -0.15) is 0 Å². The van der Waals surface area contributed by atoms with Crippen molar-refractivity contribution in [1.29, 1.82) is 0 Å². The van der Waals surface area contributed by atoms with Gasteiger partial charge in [-0.1, -0.05) is 54.1 Å². The molecule has 0 unspecified atom stereocenters. The molecule has 0 amide bonds. The summed E-state index contributed by atoms with van der Waals surface area (Å²) in [6.45, 7) is 0. The van der Waals surface area contributed by atoms with E-state index < -0.39 is 0 Å². The van der Waals surface area contributed by atoms with Gasteiger partial charge in [-0.05, 0) is 46.0 Å². The predicted octanol–water partition coefficient (Wildman–Crippen LogP) is 5.69. The maximum atomic E-state index is 13.0. The molecule has 0 N–H and O–H groups in total. The Kier molecular flexibility index (Phi) is 4.46. The molecule has 0 bridgehead atoms. The van der Waals surface area contributed by atoms with Crippen molar-refractivity contribution < 1.29 is 9.47 Å². The third kappa shape index (κ3) is 2.90. The Morgan fingerprint density at radius 3 is 2.19 bits per heavy atom. The van der Waals surface area contributed by atoms with Crippen LogP contribution in [0.15, 0.2) is 71.5 Å². The molecular weight excluding hydrogens is 360 g/mol. The van der Waals surface area contributed by atoms with Crippen LogP contribution < -0.4 is 14.9 Å². The molecule has 0 spiro atoms. The Bertz CT molecular complexity index is 1230. The van der Waals surface area contributed by atoms with E-state index in [4.69, 9.17) is 21.1 Å². The van der Waals surface area contributed by atoms with Crippen molar-refractivity contribution in [2.75, 3.05) is 14.2 Å². The van der Waals surface area contributed by atoms with E-state index in [1.165, 1.54) is 0 Å². The summed E-state index contributed by atoms with van der Waals surface area (Å²) in [5.74, 6) is 1.18. The molecule has 0 saturated carbocycles. The van der Waals surface area contributed by atoms with Crippen LogP contribution in [-0.4, -0.2) is 14.2 Å². The van der Waals surface area contributed by atoms with Crippen LogP contribution in [0, 0.1) is 0 Å². The van der Waals surface area contributed by atoms with Crippen LogP contribution in [0.4, 0.5) is 0 Å². The summed E-state index contributed by atoms with van der Waals surface area (Å²) in [6.07, 6.45) is 0. The fourth-order valence-electron chi connectivity index (χ4n) is 3.52. The monoisotopic (exact) mass is 376 g/mol. The van der Waals surface area contributed by atoms with Crippen LogP contribution in [0.25, 0.3) is 32.7 Å². The summed E-state index contributed by atoms with van der Waals surface area (Å²) in [5.41, 5.74) is 1.48. The minimum absolute atomic E-state index is 0.0576. The Balaban J connectivity index is 2.26. The SMILES string of the molecule is COc1cccc(-c2cc(=O)c3ccccc3c3ccc(Cl)cc23)c1OC. The van der Waals surface area contributed by atoms with Gasteiger partial charge in [0.25, 0.3) is 0 Å². The number of halogens is 1. The first-order valence-electron chi connectivity index (χ1n) is 8.50. The van der Waals surface area contributed by atoms with E-state index in [0.717, 1.165) is 27.3 Å². The van der Waals surface area contributed by atoms with Crippen LogP contribution in [-0.2, 0) is 0 Å². The van der Waals surface area contributed by atoms with Crippen molar-refractivity contribution in [2.45, 2.75) is 0 Å². The first kappa shape index (κ1) is 17.4. The lowest BCUT2D eigenvalue weighted by Gasteiger charge is -2.13. The van der Waals surface area contributed by atoms with E-state index in [1.807, 2.05) is 60.7 Å². The summed E-state index contributed by atoms with van der Waals surface area (Å²) in [4.78, 5) is 13.0. The third-order valence-electron chi connectivity index (χ3n) is 4.72. The summed E-state index contributed by atoms with van der Waals surface area (Å²) in [6, 6.07) is 20.6. The molecule has 27 heavy (non-hydrogen) atoms. The minimum atomic E-state index is -0.0576. The fourth-order valence-corrected chi connectivity index (χ4v) is 3.69. The number of hydrogen-bond donors (Lipinski definition) is 0. The molecule has 0 fully saturated rings. The van der Waals surface area contributed by atoms with Gasteiger partial charge in [-0.15, -0.1) is 0 Å². The second-order valence-electron chi connectivity index (χ2n) is 6.20. The van der Waals surface area contributed by atoms with E-state index in [9.17, 15) is 4.79 Å². The average Bonchev–Trinajstić information content (AvgIpc) is 2.82. The van der Waals surface area contributed by atoms with E-state index in [1.54, 1.807) is 20.3 Å². The predicted molar refractivity (Wildman–Crippen MR) is 111 cm³/mol. The molecule has 0 aliphatic carbocycles. The standard InChI is InChI=1S/C23H17ClO3/c1-26-22-9-5-8-18(23(22)27-2)20-13-21(25)17-7-4-3-6-15(17)16-11-10-14(24)12-19(16)20/h3-13H,1-2H3. The maximum Gasteiger partial charge on any atom is 0.187 e. The molecule has 0 radical (unpaired) electrons. The van der Waals surface area contributed by atoms with E-state index in [0.29, 0.717) is 21.9 Å². The molecule has 0 heterocycles. The molecule has 0 saturated heterocycles. The lowest BCUT2D eigenvalue weighted by Crippen LogP contribution is -1.97. The molecule has 3 nitrogen and oxygen atoms in total. The van der Waals surface area contributed by atoms with E-state index >= 15 is 0 Å². The van der Waals surface area contributed by atoms with Crippen molar-refractivity contribution in [2.24, 2.45) is 0 Å². The molecule has 134 valence electrons. The Morgan fingerprint density at radius 2 is 1.44 bits per heavy atom. The van der Waals surface area contributed by atoms with Gasteiger partial charge in [0.05, 0.1) is 14.2 Å². The smallest absolute Gasteiger partial charge is 0.187 e. The zero-order chi connectivity index (χ0) is 19.0. The zero-order valence-electron chi connectivity index (χ0n) is 15.0. The lowest BCUT2D eigenvalue weighted by molar-refractivity contribution is 0.356. The molecule has 4 heteroatoms. The first-order chi connectivity index (χ1) is 13.1. The molecule has 4 aromatic rings. The second-order valence-corrected chi connectivity index (χ2v) is 6.64. The second kappa shape index (κ2) is 6.93. The average molecular weight is 377 g/mol. The highest BCUT2D eigenvalue weighted by molar-refractivity contribution is 6.32. The highest BCUT2D eigenvalue weighted by Gasteiger charge is 2.15. The van der Waals surface area contributed by atoms with Gasteiger partial charge in [-0.25, -0.2) is 0 Å². The Hall–Kier alpha value is -3.04. The van der Waals surface area contributed by atoms with Crippen LogP contribution in [0.1, 0.15) is 0 Å². The molecule has 0 atom stereocenters. The fraction of sp³-hybridized carbons (Fsp3) is 0.0870. The number of hydrogen-bond acceptors (Lipinski definition) is 3. The summed E-state index contributed by atoms with van der Waals surface area (Å²) in [5, 5.41) is 4.00. The highest BCUT2D eigenvalue weighted by atomic mass is 35.5. The van der Waals surface area contributed by atoms with Gasteiger partial charge < -0.3 is 9.47 Å². The van der Waals surface area contributed by atoms with Crippen molar-refractivity contribution in [3.63, 3.8) is 0 Å². The molecule has 0 aliphatic heterocycles. The van der Waals surface area contributed by atoms with Gasteiger partial charge in [0.15, 0.2) is 16.9 Å². The minimum Gasteiger partial charge on any atom is -0.493 e. The number of ether oxygens (including phenoxy) is 2. The van der Waals surface area contributed by atoms with E-state index in [2.05, 4.69) is 0 Å². The van der Waals surface area contributed by atoms with Crippen molar-refractivity contribution in [3.05, 3.63) is 82.0 Å². The largest absolute Gasteiger partial charge is 0.493 e. The number of benzene rings is 3. The summed E-state index contributed by atoms with van der Waals surface area (Å²) >= 11 is 6.31. The number of fused-ring (bicyclic) bond motifs is 3. The van der Waals surface area contributed by atoms with Crippen LogP contribution in [0.3, 0.4) is 0 Å². The Morgan fingerprint density at radius 1 is 0.704 bits per heavy atom. The molecule has 0 aromatic heterocycles. The molecule has 4 rings (SSSR count). The van der Waals surface area contributed by atoms with Crippen molar-refractivity contribution >= 4 is 33.1 Å². The molecule has 4 aromatic carbocycles. The van der Waals surface area contributed by atoms with Gasteiger partial charge in [-0.3, -0.25) is 4.79 Å². The van der Waals surface area contributed by atoms with Crippen LogP contribution in [0.2, 0.25) is 5.02 Å². The topological polar surface area (TPSA) is 35.5 Å². The van der Waals surface area contributed by atoms with Crippen LogP contribution >= 0.6 is 11.6 Å². The number of para-hydroxylation sites is 1. The quantitative estimate of drug-likeness (QED) is 0.460. The summed E-state index contributed by atoms with van der Waals surface area (Å²) < 4.78 is 11.0. The van der Waals surface area contributed by atoms with Gasteiger partial charge >= 0.3 is 0 Å². The van der Waals surface area contributed by atoms with Crippen molar-refractivity contribution in [1.82, 2.24) is 0 Å². The van der Waals surface area contributed by atoms with Crippen molar-refractivity contribution in [3.8, 4) is 22.6 Å². The number of rotatable bonds is 3. The highest BCUT2D eigenvalue weighted by Crippen LogP contribution is 2.41. The lowest BCUT2D eigenvalue weighted by atomic mass is 9.99. The van der Waals surface area contributed by atoms with Gasteiger partial charge in [0.2, 0.25) is 0 Å². The van der Waals surface area contributed by atoms with Crippen LogP contribution in [0.5, 0.6) is 11.5 Å². The third-order valence-corrected chi connectivity index (χ3v) is 4.96. The molecular formula is C23H17ClO3. The number of methoxy groups -OCH3 is 2. The van der Waals surface area contributed by atoms with Gasteiger partial charge in [0.1, 0.15) is 0 Å². The molecule has 0 aliphatic rings.